The Labute approximate surface area is 203 Å². The summed E-state index contributed by atoms with van der Waals surface area (Å²) < 4.78 is 5.34. The van der Waals surface area contributed by atoms with Crippen molar-refractivity contribution in [3.8, 4) is 11.5 Å². The van der Waals surface area contributed by atoms with E-state index in [-0.39, 0.29) is 18.4 Å². The summed E-state index contributed by atoms with van der Waals surface area (Å²) in [6.07, 6.45) is 7.20. The lowest BCUT2D eigenvalue weighted by molar-refractivity contribution is -0.386. The van der Waals surface area contributed by atoms with Gasteiger partial charge in [0.1, 0.15) is 0 Å². The molecule has 7 heteroatoms. The SMILES string of the molecule is CCOc1cc(C=Nc2ccc([C@@H]3Nc4ccc(C)cc4[C@H]4C=CC[C@@H]43)cc2)cc([N+](=O)[O-])c1O. The first-order valence-electron chi connectivity index (χ1n) is 11.8. The first kappa shape index (κ1) is 22.7. The van der Waals surface area contributed by atoms with Crippen LogP contribution in [0.3, 0.4) is 0 Å². The van der Waals surface area contributed by atoms with Gasteiger partial charge in [0.15, 0.2) is 5.75 Å². The molecule has 35 heavy (non-hydrogen) atoms. The van der Waals surface area contributed by atoms with Gasteiger partial charge in [-0.25, -0.2) is 0 Å². The maximum Gasteiger partial charge on any atom is 0.315 e. The summed E-state index contributed by atoms with van der Waals surface area (Å²) in [5, 5.41) is 25.1. The number of fused-ring (bicyclic) bond motifs is 3. The molecule has 1 aliphatic carbocycles. The minimum Gasteiger partial charge on any atom is -0.500 e. The van der Waals surface area contributed by atoms with E-state index in [2.05, 4.69) is 59.7 Å². The maximum atomic E-state index is 11.3. The number of ether oxygens (including phenoxy) is 1. The van der Waals surface area contributed by atoms with Gasteiger partial charge in [-0.2, -0.15) is 0 Å². The lowest BCUT2D eigenvalue weighted by Crippen LogP contribution is -2.29. The molecule has 178 valence electrons. The summed E-state index contributed by atoms with van der Waals surface area (Å²) in [7, 11) is 0. The van der Waals surface area contributed by atoms with Gasteiger partial charge >= 0.3 is 5.69 Å². The van der Waals surface area contributed by atoms with Crippen LogP contribution < -0.4 is 10.1 Å². The van der Waals surface area contributed by atoms with E-state index >= 15 is 0 Å². The molecule has 5 rings (SSSR count). The highest BCUT2D eigenvalue weighted by Crippen LogP contribution is 2.50. The number of anilines is 1. The van der Waals surface area contributed by atoms with Crippen molar-refractivity contribution in [1.82, 2.24) is 0 Å². The van der Waals surface area contributed by atoms with Crippen molar-refractivity contribution in [2.24, 2.45) is 10.9 Å². The number of phenolic OH excluding ortho intramolecular Hbond substituents is 1. The number of phenols is 1. The van der Waals surface area contributed by atoms with E-state index in [0.717, 1.165) is 12.1 Å². The van der Waals surface area contributed by atoms with Crippen LogP contribution in [0.2, 0.25) is 0 Å². The minimum absolute atomic E-state index is 0.0667. The Kier molecular flexibility index (Phi) is 5.99. The molecule has 0 aromatic heterocycles. The quantitative estimate of drug-likeness (QED) is 0.184. The summed E-state index contributed by atoms with van der Waals surface area (Å²) >= 11 is 0. The zero-order chi connectivity index (χ0) is 24.5. The van der Waals surface area contributed by atoms with Gasteiger partial charge in [0, 0.05) is 29.4 Å². The van der Waals surface area contributed by atoms with E-state index in [1.165, 1.54) is 28.4 Å². The van der Waals surface area contributed by atoms with Crippen molar-refractivity contribution in [1.29, 1.82) is 0 Å². The summed E-state index contributed by atoms with van der Waals surface area (Å²) in [4.78, 5) is 15.2. The van der Waals surface area contributed by atoms with E-state index in [1.807, 2.05) is 12.1 Å². The Balaban J connectivity index is 1.38. The Morgan fingerprint density at radius 2 is 2.00 bits per heavy atom. The fourth-order valence-corrected chi connectivity index (χ4v) is 5.05. The average Bonchev–Trinajstić information content (AvgIpc) is 3.35. The molecule has 0 saturated heterocycles. The molecule has 2 aliphatic rings. The highest BCUT2D eigenvalue weighted by atomic mass is 16.6. The van der Waals surface area contributed by atoms with Gasteiger partial charge in [-0.15, -0.1) is 0 Å². The Morgan fingerprint density at radius 1 is 1.20 bits per heavy atom. The number of hydrogen-bond donors (Lipinski definition) is 2. The second-order valence-corrected chi connectivity index (χ2v) is 8.99. The lowest BCUT2D eigenvalue weighted by atomic mass is 9.76. The number of aromatic hydroxyl groups is 1. The fraction of sp³-hybridized carbons (Fsp3) is 0.250. The first-order chi connectivity index (χ1) is 16.9. The third kappa shape index (κ3) is 4.37. The molecular weight excluding hydrogens is 442 g/mol. The van der Waals surface area contributed by atoms with Gasteiger partial charge < -0.3 is 15.2 Å². The number of benzene rings is 3. The highest BCUT2D eigenvalue weighted by molar-refractivity contribution is 5.85. The molecule has 7 nitrogen and oxygen atoms in total. The molecule has 3 aromatic carbocycles. The smallest absolute Gasteiger partial charge is 0.315 e. The number of nitro benzene ring substituents is 1. The molecule has 0 fully saturated rings. The minimum atomic E-state index is -0.633. The number of allylic oxidation sites excluding steroid dienone is 2. The number of nitrogens with zero attached hydrogens (tertiary/aromatic N) is 2. The molecule has 0 amide bonds. The number of aryl methyl sites for hydroxylation is 1. The van der Waals surface area contributed by atoms with Crippen molar-refractivity contribution < 1.29 is 14.8 Å². The van der Waals surface area contributed by atoms with Crippen LogP contribution in [0, 0.1) is 23.0 Å². The monoisotopic (exact) mass is 469 g/mol. The van der Waals surface area contributed by atoms with Crippen molar-refractivity contribution in [3.63, 3.8) is 0 Å². The van der Waals surface area contributed by atoms with Gasteiger partial charge in [0.2, 0.25) is 5.75 Å². The topological polar surface area (TPSA) is 97.0 Å². The van der Waals surface area contributed by atoms with Gasteiger partial charge in [-0.05, 0) is 61.6 Å². The molecule has 0 unspecified atom stereocenters. The molecule has 1 heterocycles. The number of aliphatic imine (C=N–C) groups is 1. The van der Waals surface area contributed by atoms with Gasteiger partial charge in [0.05, 0.1) is 23.3 Å². The summed E-state index contributed by atoms with van der Waals surface area (Å²) in [6.45, 7) is 4.16. The van der Waals surface area contributed by atoms with Crippen molar-refractivity contribution >= 4 is 23.3 Å². The van der Waals surface area contributed by atoms with Crippen LogP contribution in [-0.4, -0.2) is 22.9 Å². The fourth-order valence-electron chi connectivity index (χ4n) is 5.05. The molecule has 1 aliphatic heterocycles. The van der Waals surface area contributed by atoms with Crippen LogP contribution in [0.5, 0.6) is 11.5 Å². The standard InChI is InChI=1S/C28H27N3O4/c1-3-35-26-15-18(14-25(28(26)32)31(33)34)16-29-20-10-8-19(9-11-20)27-22-6-4-5-21(22)23-13-17(2)7-12-24(23)30-27/h4-5,7-16,21-22,27,30,32H,3,6H2,1-2H3/t21-,22-,27-/m0/s1. The van der Waals surface area contributed by atoms with Crippen molar-refractivity contribution in [2.75, 3.05) is 11.9 Å². The van der Waals surface area contributed by atoms with Crippen molar-refractivity contribution in [3.05, 3.63) is 99.1 Å². The maximum absolute atomic E-state index is 11.3. The summed E-state index contributed by atoms with van der Waals surface area (Å²) in [5.41, 5.74) is 5.83. The zero-order valence-corrected chi connectivity index (χ0v) is 19.6. The second-order valence-electron chi connectivity index (χ2n) is 8.99. The molecule has 0 bridgehead atoms. The molecule has 0 radical (unpaired) electrons. The van der Waals surface area contributed by atoms with Gasteiger partial charge in [0.25, 0.3) is 0 Å². The van der Waals surface area contributed by atoms with Crippen LogP contribution in [0.15, 0.2) is 71.7 Å². The number of rotatable bonds is 6. The van der Waals surface area contributed by atoms with E-state index in [9.17, 15) is 15.2 Å². The summed E-state index contributed by atoms with van der Waals surface area (Å²) in [5.74, 6) is 0.471. The van der Waals surface area contributed by atoms with Crippen LogP contribution in [0.1, 0.15) is 47.6 Å². The van der Waals surface area contributed by atoms with Crippen LogP contribution >= 0.6 is 0 Å². The van der Waals surface area contributed by atoms with E-state index < -0.39 is 16.4 Å². The van der Waals surface area contributed by atoms with Crippen LogP contribution in [0.4, 0.5) is 17.1 Å². The number of nitro groups is 1. The number of hydrogen-bond acceptors (Lipinski definition) is 6. The summed E-state index contributed by atoms with van der Waals surface area (Å²) in [6, 6.07) is 17.7. The van der Waals surface area contributed by atoms with Gasteiger partial charge in [-0.1, -0.05) is 42.0 Å². The third-order valence-electron chi connectivity index (χ3n) is 6.71. The lowest BCUT2D eigenvalue weighted by Gasteiger charge is -2.37. The molecule has 0 saturated carbocycles. The average molecular weight is 470 g/mol. The first-order valence-corrected chi connectivity index (χ1v) is 11.8. The highest BCUT2D eigenvalue weighted by Gasteiger charge is 2.37. The predicted octanol–water partition coefficient (Wildman–Crippen LogP) is 6.58. The molecule has 3 aromatic rings. The molecule has 2 N–H and O–H groups in total. The zero-order valence-electron chi connectivity index (χ0n) is 19.6. The van der Waals surface area contributed by atoms with Crippen LogP contribution in [-0.2, 0) is 0 Å². The predicted molar refractivity (Wildman–Crippen MR) is 137 cm³/mol. The Bertz CT molecular complexity index is 1330. The van der Waals surface area contributed by atoms with E-state index in [0.29, 0.717) is 17.4 Å². The Morgan fingerprint density at radius 3 is 2.74 bits per heavy atom. The number of nitrogens with one attached hydrogen (secondary N) is 1. The second kappa shape index (κ2) is 9.25. The normalized spacial score (nSPS) is 20.3. The molecule has 3 atom stereocenters. The van der Waals surface area contributed by atoms with Gasteiger partial charge in [-0.3, -0.25) is 15.1 Å². The molecular formula is C28H27N3O4. The Hall–Kier alpha value is -4.13. The van der Waals surface area contributed by atoms with Crippen molar-refractivity contribution in [2.45, 2.75) is 32.2 Å². The van der Waals surface area contributed by atoms with Crippen LogP contribution in [0.25, 0.3) is 0 Å². The third-order valence-corrected chi connectivity index (χ3v) is 6.71. The van der Waals surface area contributed by atoms with E-state index in [1.54, 1.807) is 19.2 Å². The molecule has 0 spiro atoms. The van der Waals surface area contributed by atoms with E-state index in [4.69, 9.17) is 4.74 Å². The largest absolute Gasteiger partial charge is 0.500 e.